The number of aliphatic hydroxyl groups excluding tert-OH is 1. The molecule has 17 heavy (non-hydrogen) atoms. The van der Waals surface area contributed by atoms with Crippen LogP contribution in [0.25, 0.3) is 0 Å². The van der Waals surface area contributed by atoms with E-state index in [0.717, 1.165) is 11.3 Å². The first-order valence-corrected chi connectivity index (χ1v) is 7.98. The molecule has 1 aromatic rings. The highest BCUT2D eigenvalue weighted by Gasteiger charge is 2.17. The van der Waals surface area contributed by atoms with E-state index < -0.39 is 10.0 Å². The normalized spacial score (nSPS) is 13.8. The first kappa shape index (κ1) is 14.6. The fourth-order valence-corrected chi connectivity index (χ4v) is 3.77. The second-order valence-corrected chi connectivity index (χ2v) is 7.22. The average molecular weight is 277 g/mol. The van der Waals surface area contributed by atoms with Crippen molar-refractivity contribution in [2.24, 2.45) is 5.92 Å². The lowest BCUT2D eigenvalue weighted by atomic mass is 10.1. The summed E-state index contributed by atoms with van der Waals surface area (Å²) in [6.07, 6.45) is 1.45. The lowest BCUT2D eigenvalue weighted by Crippen LogP contribution is -2.27. The molecule has 0 bridgehead atoms. The molecule has 2 N–H and O–H groups in total. The number of thiophene rings is 1. The quantitative estimate of drug-likeness (QED) is 0.795. The third-order valence-corrected chi connectivity index (χ3v) is 5.64. The smallest absolute Gasteiger partial charge is 0.250 e. The van der Waals surface area contributed by atoms with E-state index in [2.05, 4.69) is 4.72 Å². The average Bonchev–Trinajstić information content (AvgIpc) is 2.76. The SMILES string of the molecule is CCC(C)CNS(=O)(=O)c1ccc(CCO)s1. The molecule has 1 rings (SSSR count). The minimum atomic E-state index is -3.38. The van der Waals surface area contributed by atoms with Gasteiger partial charge in [-0.1, -0.05) is 20.3 Å². The van der Waals surface area contributed by atoms with Gasteiger partial charge in [0.1, 0.15) is 4.21 Å². The number of hydrogen-bond donors (Lipinski definition) is 2. The maximum absolute atomic E-state index is 11.9. The van der Waals surface area contributed by atoms with Gasteiger partial charge in [-0.15, -0.1) is 11.3 Å². The Morgan fingerprint density at radius 2 is 2.18 bits per heavy atom. The zero-order chi connectivity index (χ0) is 12.9. The molecule has 1 atom stereocenters. The Balaban J connectivity index is 2.68. The summed E-state index contributed by atoms with van der Waals surface area (Å²) >= 11 is 1.21. The highest BCUT2D eigenvalue weighted by atomic mass is 32.2. The molecule has 0 saturated heterocycles. The molecule has 1 aromatic heterocycles. The fraction of sp³-hybridized carbons (Fsp3) is 0.636. The molecule has 6 heteroatoms. The molecule has 0 radical (unpaired) electrons. The molecule has 0 aromatic carbocycles. The number of nitrogens with one attached hydrogen (secondary N) is 1. The van der Waals surface area contributed by atoms with Crippen molar-refractivity contribution in [2.45, 2.75) is 30.9 Å². The Kier molecular flexibility index (Phi) is 5.58. The van der Waals surface area contributed by atoms with Crippen molar-refractivity contribution < 1.29 is 13.5 Å². The lowest BCUT2D eigenvalue weighted by molar-refractivity contribution is 0.300. The maximum Gasteiger partial charge on any atom is 0.250 e. The summed E-state index contributed by atoms with van der Waals surface area (Å²) in [4.78, 5) is 0.886. The molecule has 0 aliphatic rings. The Hall–Kier alpha value is -0.430. The number of sulfonamides is 1. The second-order valence-electron chi connectivity index (χ2n) is 4.06. The molecular weight excluding hydrogens is 258 g/mol. The maximum atomic E-state index is 11.9. The second kappa shape index (κ2) is 6.49. The molecule has 1 heterocycles. The number of hydrogen-bond acceptors (Lipinski definition) is 4. The molecule has 0 spiro atoms. The molecule has 98 valence electrons. The van der Waals surface area contributed by atoms with E-state index >= 15 is 0 Å². The third kappa shape index (κ3) is 4.39. The number of rotatable bonds is 7. The standard InChI is InChI=1S/C11H19NO3S2/c1-3-9(2)8-12-17(14,15)11-5-4-10(16-11)6-7-13/h4-5,9,12-13H,3,6-8H2,1-2H3. The van der Waals surface area contributed by atoms with Crippen LogP contribution in [0, 0.1) is 5.92 Å². The van der Waals surface area contributed by atoms with Crippen LogP contribution >= 0.6 is 11.3 Å². The molecule has 0 aliphatic heterocycles. The Morgan fingerprint density at radius 3 is 2.76 bits per heavy atom. The van der Waals surface area contributed by atoms with Crippen molar-refractivity contribution in [1.29, 1.82) is 0 Å². The highest BCUT2D eigenvalue weighted by molar-refractivity contribution is 7.91. The van der Waals surface area contributed by atoms with Crippen molar-refractivity contribution in [3.05, 3.63) is 17.0 Å². The number of aliphatic hydroxyl groups is 1. The summed E-state index contributed by atoms with van der Waals surface area (Å²) in [6, 6.07) is 3.34. The summed E-state index contributed by atoms with van der Waals surface area (Å²) in [5, 5.41) is 8.78. The van der Waals surface area contributed by atoms with E-state index in [1.165, 1.54) is 11.3 Å². The van der Waals surface area contributed by atoms with Gasteiger partial charge in [-0.2, -0.15) is 0 Å². The van der Waals surface area contributed by atoms with E-state index in [1.807, 2.05) is 13.8 Å². The van der Waals surface area contributed by atoms with Crippen molar-refractivity contribution in [3.8, 4) is 0 Å². The molecular formula is C11H19NO3S2. The summed E-state index contributed by atoms with van der Waals surface area (Å²) in [5.74, 6) is 0.335. The van der Waals surface area contributed by atoms with E-state index in [4.69, 9.17) is 5.11 Å². The van der Waals surface area contributed by atoms with Gasteiger partial charge in [-0.25, -0.2) is 13.1 Å². The van der Waals surface area contributed by atoms with Gasteiger partial charge in [0.05, 0.1) is 0 Å². The van der Waals surface area contributed by atoms with Crippen LogP contribution in [0.15, 0.2) is 16.3 Å². The highest BCUT2D eigenvalue weighted by Crippen LogP contribution is 2.21. The summed E-state index contributed by atoms with van der Waals surface area (Å²) in [6.45, 7) is 4.55. The van der Waals surface area contributed by atoms with Crippen molar-refractivity contribution in [2.75, 3.05) is 13.2 Å². The minimum Gasteiger partial charge on any atom is -0.396 e. The topological polar surface area (TPSA) is 66.4 Å². The monoisotopic (exact) mass is 277 g/mol. The fourth-order valence-electron chi connectivity index (χ4n) is 1.21. The van der Waals surface area contributed by atoms with Crippen LogP contribution in [-0.4, -0.2) is 26.7 Å². The van der Waals surface area contributed by atoms with Gasteiger partial charge in [0.25, 0.3) is 0 Å². The predicted octanol–water partition coefficient (Wildman–Crippen LogP) is 1.61. The van der Waals surface area contributed by atoms with Crippen LogP contribution in [-0.2, 0) is 16.4 Å². The predicted molar refractivity (Wildman–Crippen MR) is 69.8 cm³/mol. The van der Waals surface area contributed by atoms with Crippen LogP contribution in [0.1, 0.15) is 25.1 Å². The van der Waals surface area contributed by atoms with Gasteiger partial charge in [-0.05, 0) is 18.1 Å². The van der Waals surface area contributed by atoms with Gasteiger partial charge in [0.2, 0.25) is 10.0 Å². The van der Waals surface area contributed by atoms with Crippen molar-refractivity contribution in [1.82, 2.24) is 4.72 Å². The van der Waals surface area contributed by atoms with Gasteiger partial charge >= 0.3 is 0 Å². The summed E-state index contributed by atoms with van der Waals surface area (Å²) in [5.41, 5.74) is 0. The van der Waals surface area contributed by atoms with Crippen LogP contribution < -0.4 is 4.72 Å². The molecule has 4 nitrogen and oxygen atoms in total. The van der Waals surface area contributed by atoms with E-state index in [9.17, 15) is 8.42 Å². The third-order valence-electron chi connectivity index (χ3n) is 2.58. The minimum absolute atomic E-state index is 0.0420. The van der Waals surface area contributed by atoms with Gasteiger partial charge < -0.3 is 5.11 Å². The summed E-state index contributed by atoms with van der Waals surface area (Å²) in [7, 11) is -3.38. The zero-order valence-electron chi connectivity index (χ0n) is 10.1. The Morgan fingerprint density at radius 1 is 1.47 bits per heavy atom. The van der Waals surface area contributed by atoms with Crippen LogP contribution in [0.4, 0.5) is 0 Å². The lowest BCUT2D eigenvalue weighted by Gasteiger charge is -2.09. The van der Waals surface area contributed by atoms with Crippen LogP contribution in [0.2, 0.25) is 0 Å². The van der Waals surface area contributed by atoms with Crippen molar-refractivity contribution >= 4 is 21.4 Å². The van der Waals surface area contributed by atoms with Gasteiger partial charge in [0, 0.05) is 24.4 Å². The first-order chi connectivity index (χ1) is 7.99. The van der Waals surface area contributed by atoms with Crippen LogP contribution in [0.5, 0.6) is 0 Å². The molecule has 0 saturated carbocycles. The Bertz CT molecular complexity index is 439. The van der Waals surface area contributed by atoms with E-state index in [-0.39, 0.29) is 6.61 Å². The molecule has 1 unspecified atom stereocenters. The van der Waals surface area contributed by atoms with E-state index in [1.54, 1.807) is 12.1 Å². The largest absolute Gasteiger partial charge is 0.396 e. The Labute approximate surface area is 107 Å². The molecule has 0 amide bonds. The van der Waals surface area contributed by atoms with Gasteiger partial charge in [-0.3, -0.25) is 0 Å². The van der Waals surface area contributed by atoms with E-state index in [0.29, 0.717) is 23.1 Å². The first-order valence-electron chi connectivity index (χ1n) is 5.68. The van der Waals surface area contributed by atoms with Crippen LogP contribution in [0.3, 0.4) is 0 Å². The van der Waals surface area contributed by atoms with Crippen molar-refractivity contribution in [3.63, 3.8) is 0 Å². The summed E-state index contributed by atoms with van der Waals surface area (Å²) < 4.78 is 26.7. The molecule has 0 fully saturated rings. The van der Waals surface area contributed by atoms with Gasteiger partial charge in [0.15, 0.2) is 0 Å². The molecule has 0 aliphatic carbocycles. The zero-order valence-corrected chi connectivity index (χ0v) is 11.8.